The molecule has 19 heavy (non-hydrogen) atoms. The Labute approximate surface area is 117 Å². The lowest BCUT2D eigenvalue weighted by molar-refractivity contribution is 0.701. The van der Waals surface area contributed by atoms with E-state index in [0.29, 0.717) is 0 Å². The van der Waals surface area contributed by atoms with Gasteiger partial charge in [-0.25, -0.2) is 11.1 Å². The van der Waals surface area contributed by atoms with Crippen molar-refractivity contribution in [2.24, 2.45) is 0 Å². The Morgan fingerprint density at radius 3 is 2.79 bits per heavy atom. The van der Waals surface area contributed by atoms with Crippen LogP contribution < -0.4 is 5.32 Å². The number of nitrogens with zero attached hydrogens (tertiary/aromatic N) is 1. The van der Waals surface area contributed by atoms with E-state index in [2.05, 4.69) is 46.7 Å². The van der Waals surface area contributed by atoms with Crippen molar-refractivity contribution in [1.29, 1.82) is 0 Å². The first-order valence-electron chi connectivity index (χ1n) is 6.33. The number of hydrogen-bond donors (Lipinski definition) is 1. The Morgan fingerprint density at radius 2 is 2.00 bits per heavy atom. The minimum Gasteiger partial charge on any atom is -0.320 e. The minimum atomic E-state index is 0.871. The molecule has 2 aromatic carbocycles. The largest absolute Gasteiger partial charge is 0.320 e. The van der Waals surface area contributed by atoms with Gasteiger partial charge in [0.25, 0.3) is 0 Å². The summed E-state index contributed by atoms with van der Waals surface area (Å²) in [5.41, 5.74) is 2.52. The van der Waals surface area contributed by atoms with E-state index in [1.165, 1.54) is 16.0 Å². The molecule has 0 amide bonds. The first kappa shape index (κ1) is 12.2. The molecule has 0 aliphatic rings. The molecule has 3 aromatic rings. The zero-order valence-electron chi connectivity index (χ0n) is 10.5. The molecule has 3 rings (SSSR count). The van der Waals surface area contributed by atoms with Crippen LogP contribution in [-0.2, 0) is 13.1 Å². The molecule has 0 spiro atoms. The molecule has 0 atom stereocenters. The molecule has 0 radical (unpaired) electrons. The van der Waals surface area contributed by atoms with Gasteiger partial charge in [-0.1, -0.05) is 30.3 Å². The van der Waals surface area contributed by atoms with Crippen molar-refractivity contribution in [3.63, 3.8) is 0 Å². The zero-order valence-corrected chi connectivity index (χ0v) is 11.4. The molecule has 0 aliphatic carbocycles. The van der Waals surface area contributed by atoms with E-state index in [4.69, 9.17) is 0 Å². The first-order chi connectivity index (χ1) is 9.42. The molecule has 96 valence electrons. The van der Waals surface area contributed by atoms with Gasteiger partial charge in [-0.15, -0.1) is 11.3 Å². The zero-order chi connectivity index (χ0) is 12.9. The molecule has 3 heteroatoms. The maximum Gasteiger partial charge on any atom is 0.123 e. The Morgan fingerprint density at radius 1 is 1.11 bits per heavy atom. The lowest BCUT2D eigenvalue weighted by Gasteiger charge is -2.05. The van der Waals surface area contributed by atoms with Crippen molar-refractivity contribution in [2.45, 2.75) is 13.1 Å². The second kappa shape index (κ2) is 5.87. The van der Waals surface area contributed by atoms with Gasteiger partial charge < -0.3 is 5.32 Å². The summed E-state index contributed by atoms with van der Waals surface area (Å²) in [6, 6.07) is 18.7. The van der Waals surface area contributed by atoms with Crippen molar-refractivity contribution >= 4 is 11.3 Å². The van der Waals surface area contributed by atoms with E-state index in [9.17, 15) is 0 Å². The molecular formula is C16H15N2S-. The Kier molecular flexibility index (Phi) is 3.77. The Hall–Kier alpha value is -1.84. The van der Waals surface area contributed by atoms with Crippen LogP contribution in [0.15, 0.2) is 60.8 Å². The summed E-state index contributed by atoms with van der Waals surface area (Å²) in [6.07, 6.45) is 1.96. The fourth-order valence-corrected chi connectivity index (χ4v) is 2.85. The van der Waals surface area contributed by atoms with Gasteiger partial charge in [0.1, 0.15) is 5.01 Å². The van der Waals surface area contributed by atoms with Crippen molar-refractivity contribution in [2.75, 3.05) is 0 Å². The molecule has 2 nitrogen and oxygen atoms in total. The Bertz CT molecular complexity index is 611. The van der Waals surface area contributed by atoms with Crippen LogP contribution in [0.4, 0.5) is 0 Å². The summed E-state index contributed by atoms with van der Waals surface area (Å²) < 4.78 is 0. The molecule has 0 saturated heterocycles. The van der Waals surface area contributed by atoms with Gasteiger partial charge in [0.15, 0.2) is 0 Å². The van der Waals surface area contributed by atoms with Gasteiger partial charge in [0.05, 0.1) is 0 Å². The monoisotopic (exact) mass is 267 g/mol. The predicted molar refractivity (Wildman–Crippen MR) is 80.1 cm³/mol. The summed E-state index contributed by atoms with van der Waals surface area (Å²) in [4.78, 5) is 5.75. The highest BCUT2D eigenvalue weighted by Crippen LogP contribution is 2.24. The molecule has 1 heterocycles. The third-order valence-electron chi connectivity index (χ3n) is 2.93. The number of nitrogens with one attached hydrogen (secondary N) is 1. The van der Waals surface area contributed by atoms with Crippen molar-refractivity contribution in [3.8, 4) is 10.6 Å². The number of thiazole rings is 1. The van der Waals surface area contributed by atoms with E-state index in [1.54, 1.807) is 11.3 Å². The van der Waals surface area contributed by atoms with Crippen LogP contribution in [0.25, 0.3) is 10.6 Å². The average Bonchev–Trinajstić information content (AvgIpc) is 3.11. The van der Waals surface area contributed by atoms with Crippen LogP contribution in [0, 0.1) is 0 Å². The summed E-state index contributed by atoms with van der Waals surface area (Å²) in [5, 5.41) is 4.53. The normalized spacial score (nSPS) is 10.7. The fourth-order valence-electron chi connectivity index (χ4n) is 1.97. The first-order valence-corrected chi connectivity index (χ1v) is 7.15. The van der Waals surface area contributed by atoms with Crippen LogP contribution >= 0.6 is 11.3 Å². The summed E-state index contributed by atoms with van der Waals surface area (Å²) in [5.74, 6) is 0. The molecule has 1 aromatic heterocycles. The molecule has 0 bridgehead atoms. The summed E-state index contributed by atoms with van der Waals surface area (Å²) >= 11 is 1.75. The number of hydrogen-bond acceptors (Lipinski definition) is 3. The number of rotatable bonds is 5. The van der Waals surface area contributed by atoms with Gasteiger partial charge in [-0.3, -0.25) is 0 Å². The minimum absolute atomic E-state index is 0.871. The van der Waals surface area contributed by atoms with Crippen LogP contribution in [0.5, 0.6) is 0 Å². The lowest BCUT2D eigenvalue weighted by atomic mass is 10.2. The smallest absolute Gasteiger partial charge is 0.123 e. The molecule has 0 fully saturated rings. The van der Waals surface area contributed by atoms with Gasteiger partial charge in [-0.05, 0) is 6.54 Å². The van der Waals surface area contributed by atoms with E-state index in [-0.39, 0.29) is 0 Å². The SMILES string of the molecule is c1ccc(-c2ncc(CNCc3cc[cH-]c3)s2)cc1. The second-order valence-electron chi connectivity index (χ2n) is 4.39. The highest BCUT2D eigenvalue weighted by atomic mass is 32.1. The van der Waals surface area contributed by atoms with E-state index >= 15 is 0 Å². The summed E-state index contributed by atoms with van der Waals surface area (Å²) in [7, 11) is 0. The molecular weight excluding hydrogens is 252 g/mol. The molecule has 0 saturated carbocycles. The van der Waals surface area contributed by atoms with Crippen molar-refractivity contribution in [3.05, 3.63) is 71.2 Å². The third-order valence-corrected chi connectivity index (χ3v) is 3.98. The maximum absolute atomic E-state index is 4.48. The second-order valence-corrected chi connectivity index (χ2v) is 5.51. The standard InChI is InChI=1S/C16H15N2S/c1-2-8-14(9-3-1)16-18-12-15(19-16)11-17-10-13-6-4-5-7-13/h1-9,12,17H,10-11H2/q-1. The lowest BCUT2D eigenvalue weighted by Crippen LogP contribution is -2.10. The average molecular weight is 267 g/mol. The Balaban J connectivity index is 1.59. The van der Waals surface area contributed by atoms with Gasteiger partial charge in [-0.2, -0.15) is 23.8 Å². The maximum atomic E-state index is 4.48. The van der Waals surface area contributed by atoms with Gasteiger partial charge >= 0.3 is 0 Å². The van der Waals surface area contributed by atoms with E-state index in [0.717, 1.165) is 18.1 Å². The molecule has 0 aliphatic heterocycles. The molecule has 1 N–H and O–H groups in total. The highest BCUT2D eigenvalue weighted by molar-refractivity contribution is 7.15. The third kappa shape index (κ3) is 3.13. The summed E-state index contributed by atoms with van der Waals surface area (Å²) in [6.45, 7) is 1.78. The quantitative estimate of drug-likeness (QED) is 0.711. The van der Waals surface area contributed by atoms with Crippen molar-refractivity contribution < 1.29 is 0 Å². The van der Waals surface area contributed by atoms with Crippen LogP contribution in [-0.4, -0.2) is 4.98 Å². The number of benzene rings is 1. The van der Waals surface area contributed by atoms with Crippen LogP contribution in [0.1, 0.15) is 10.4 Å². The topological polar surface area (TPSA) is 24.9 Å². The van der Waals surface area contributed by atoms with Crippen molar-refractivity contribution in [1.82, 2.24) is 10.3 Å². The predicted octanol–water partition coefficient (Wildman–Crippen LogP) is 3.82. The van der Waals surface area contributed by atoms with Gasteiger partial charge in [0.2, 0.25) is 0 Å². The van der Waals surface area contributed by atoms with Gasteiger partial charge in [0, 0.05) is 23.2 Å². The number of aromatic nitrogens is 1. The van der Waals surface area contributed by atoms with E-state index in [1.807, 2.05) is 24.4 Å². The van der Waals surface area contributed by atoms with Crippen LogP contribution in [0.3, 0.4) is 0 Å². The fraction of sp³-hybridized carbons (Fsp3) is 0.125. The van der Waals surface area contributed by atoms with E-state index < -0.39 is 0 Å². The highest BCUT2D eigenvalue weighted by Gasteiger charge is 2.03. The van der Waals surface area contributed by atoms with Crippen LogP contribution in [0.2, 0.25) is 0 Å². The molecule has 0 unspecified atom stereocenters.